The number of nitrogens with one attached hydrogen (secondary N) is 1. The van der Waals surface area contributed by atoms with Gasteiger partial charge in [0.25, 0.3) is 0 Å². The van der Waals surface area contributed by atoms with Crippen molar-refractivity contribution >= 4 is 5.78 Å². The molecule has 0 bridgehead atoms. The van der Waals surface area contributed by atoms with Gasteiger partial charge in [0.1, 0.15) is 23.1 Å². The topological polar surface area (TPSA) is 111 Å². The number of hydrogen-bond donors (Lipinski definition) is 1. The first-order chi connectivity index (χ1) is 13.4. The quantitative estimate of drug-likeness (QED) is 0.634. The molecule has 2 aromatic rings. The van der Waals surface area contributed by atoms with Crippen LogP contribution in [0, 0.1) is 18.3 Å². The second-order valence-corrected chi connectivity index (χ2v) is 6.09. The van der Waals surface area contributed by atoms with Crippen LogP contribution in [0.2, 0.25) is 0 Å². The van der Waals surface area contributed by atoms with Crippen molar-refractivity contribution in [1.29, 1.82) is 5.26 Å². The highest BCUT2D eigenvalue weighted by Crippen LogP contribution is 2.38. The Balaban J connectivity index is 2.24. The molecule has 0 radical (unpaired) electrons. The number of benzene rings is 1. The highest BCUT2D eigenvalue weighted by Gasteiger charge is 2.32. The van der Waals surface area contributed by atoms with E-state index in [9.17, 15) is 14.9 Å². The summed E-state index contributed by atoms with van der Waals surface area (Å²) in [5.41, 5.74) is 0.101. The second-order valence-electron chi connectivity index (χ2n) is 6.09. The van der Waals surface area contributed by atoms with Gasteiger partial charge in [-0.05, 0) is 24.6 Å². The first kappa shape index (κ1) is 19.0. The average Bonchev–Trinajstić information content (AvgIpc) is 2.66. The van der Waals surface area contributed by atoms with Crippen molar-refractivity contribution in [1.82, 2.24) is 5.32 Å². The molecule has 0 aliphatic carbocycles. The number of Topliss-reactive ketones (excluding diaryl/α,β-unsaturated/α-hetero) is 1. The number of aryl methyl sites for hydroxylation is 1. The van der Waals surface area contributed by atoms with Crippen molar-refractivity contribution in [3.63, 3.8) is 0 Å². The van der Waals surface area contributed by atoms with Gasteiger partial charge in [-0.3, -0.25) is 4.79 Å². The number of nitriles is 1. The molecule has 3 rings (SSSR count). The molecule has 0 fully saturated rings. The molecule has 144 valence electrons. The zero-order chi connectivity index (χ0) is 20.4. The van der Waals surface area contributed by atoms with Crippen molar-refractivity contribution in [2.45, 2.75) is 19.9 Å². The average molecular weight is 382 g/mol. The summed E-state index contributed by atoms with van der Waals surface area (Å²) in [5.74, 6) is 1.07. The van der Waals surface area contributed by atoms with E-state index in [0.717, 1.165) is 0 Å². The van der Waals surface area contributed by atoms with Crippen LogP contribution in [-0.4, -0.2) is 20.0 Å². The molecule has 8 nitrogen and oxygen atoms in total. The van der Waals surface area contributed by atoms with Crippen molar-refractivity contribution in [2.75, 3.05) is 14.2 Å². The Hall–Kier alpha value is -3.73. The smallest absolute Gasteiger partial charge is 0.345 e. The molecule has 1 aliphatic rings. The Morgan fingerprint density at radius 3 is 2.54 bits per heavy atom. The number of carbonyl (C=O) groups is 1. The lowest BCUT2D eigenvalue weighted by atomic mass is 9.97. The van der Waals surface area contributed by atoms with Gasteiger partial charge >= 0.3 is 5.63 Å². The summed E-state index contributed by atoms with van der Waals surface area (Å²) in [6.45, 7) is 2.88. The molecule has 1 aromatic heterocycles. The lowest BCUT2D eigenvalue weighted by Gasteiger charge is -2.29. The number of hydrogen-bond acceptors (Lipinski definition) is 8. The van der Waals surface area contributed by atoms with Gasteiger partial charge in [0, 0.05) is 13.0 Å². The zero-order valence-electron chi connectivity index (χ0n) is 15.8. The number of rotatable bonds is 4. The van der Waals surface area contributed by atoms with Crippen LogP contribution in [0.3, 0.4) is 0 Å². The summed E-state index contributed by atoms with van der Waals surface area (Å²) in [6, 6.07) is 7.79. The van der Waals surface area contributed by atoms with Gasteiger partial charge in [-0.25, -0.2) is 4.79 Å². The molecule has 1 N–H and O–H groups in total. The second kappa shape index (κ2) is 7.48. The number of ketones is 1. The molecule has 28 heavy (non-hydrogen) atoms. The molecule has 0 saturated heterocycles. The number of carbonyl (C=O) groups excluding carboxylic acids is 1. The van der Waals surface area contributed by atoms with E-state index < -0.39 is 17.5 Å². The third kappa shape index (κ3) is 3.30. The number of methoxy groups -OCH3 is 2. The number of ether oxygens (including phenoxy) is 3. The molecule has 2 heterocycles. The van der Waals surface area contributed by atoms with Crippen LogP contribution >= 0.6 is 0 Å². The van der Waals surface area contributed by atoms with Gasteiger partial charge in [0.15, 0.2) is 22.9 Å². The summed E-state index contributed by atoms with van der Waals surface area (Å²) in [5, 5.41) is 12.3. The van der Waals surface area contributed by atoms with Crippen molar-refractivity contribution in [2.24, 2.45) is 0 Å². The molecular formula is C20H18N2O6. The summed E-state index contributed by atoms with van der Waals surface area (Å²) in [7, 11) is 3.02. The largest absolute Gasteiger partial charge is 0.493 e. The number of fused-ring (bicyclic) bond motifs is 1. The normalized spacial score (nSPS) is 16.8. The molecule has 0 amide bonds. The fourth-order valence-electron chi connectivity index (χ4n) is 2.98. The minimum Gasteiger partial charge on any atom is -0.493 e. The lowest BCUT2D eigenvalue weighted by molar-refractivity contribution is -0.113. The van der Waals surface area contributed by atoms with Crippen LogP contribution < -0.4 is 25.2 Å². The Bertz CT molecular complexity index is 1080. The van der Waals surface area contributed by atoms with E-state index >= 15 is 0 Å². The molecule has 1 atom stereocenters. The van der Waals surface area contributed by atoms with Gasteiger partial charge in [-0.1, -0.05) is 6.07 Å². The number of nitrogens with zero attached hydrogens (tertiary/aromatic N) is 1. The highest BCUT2D eigenvalue weighted by molar-refractivity contribution is 5.97. The Morgan fingerprint density at radius 1 is 1.21 bits per heavy atom. The number of allylic oxidation sites excluding steroid dienone is 1. The minimum absolute atomic E-state index is 0.0210. The molecule has 1 aromatic carbocycles. The van der Waals surface area contributed by atoms with Crippen LogP contribution in [0.25, 0.3) is 0 Å². The Labute approximate surface area is 160 Å². The predicted octanol–water partition coefficient (Wildman–Crippen LogP) is 2.36. The van der Waals surface area contributed by atoms with Crippen molar-refractivity contribution < 1.29 is 23.4 Å². The third-order valence-electron chi connectivity index (χ3n) is 4.28. The molecule has 1 unspecified atom stereocenters. The van der Waals surface area contributed by atoms with Crippen LogP contribution in [-0.2, 0) is 4.79 Å². The highest BCUT2D eigenvalue weighted by atomic mass is 16.5. The van der Waals surface area contributed by atoms with E-state index in [1.54, 1.807) is 31.2 Å². The summed E-state index contributed by atoms with van der Waals surface area (Å²) in [4.78, 5) is 24.4. The molecule has 1 aliphatic heterocycles. The fourth-order valence-corrected chi connectivity index (χ4v) is 2.98. The SMILES string of the molecule is COc1ccc(C2N/C(=C(\C#N)C(C)=O)Oc3cc(C)oc(=O)c32)cc1OC. The van der Waals surface area contributed by atoms with Gasteiger partial charge in [0.2, 0.25) is 5.88 Å². The Kier molecular flexibility index (Phi) is 5.09. The standard InChI is InChI=1S/C20H18N2O6/c1-10-7-16-17(20(24)27-10)18(22-19(28-16)13(9-21)11(2)23)12-5-6-14(25-3)15(8-12)26-4/h5-8,18,22H,1-4H3/b19-13-. The molecule has 0 spiro atoms. The van der Waals surface area contributed by atoms with Crippen molar-refractivity contribution in [3.8, 4) is 23.3 Å². The predicted molar refractivity (Wildman–Crippen MR) is 98.2 cm³/mol. The van der Waals surface area contributed by atoms with E-state index in [4.69, 9.17) is 18.6 Å². The maximum atomic E-state index is 12.5. The van der Waals surface area contributed by atoms with E-state index in [2.05, 4.69) is 5.32 Å². The summed E-state index contributed by atoms with van der Waals surface area (Å²) < 4.78 is 21.5. The first-order valence-electron chi connectivity index (χ1n) is 8.35. The van der Waals surface area contributed by atoms with Gasteiger partial charge in [-0.2, -0.15) is 5.26 Å². The Morgan fingerprint density at radius 2 is 1.93 bits per heavy atom. The van der Waals surface area contributed by atoms with Crippen LogP contribution in [0.4, 0.5) is 0 Å². The van der Waals surface area contributed by atoms with E-state index in [0.29, 0.717) is 22.8 Å². The van der Waals surface area contributed by atoms with Gasteiger partial charge < -0.3 is 23.9 Å². The van der Waals surface area contributed by atoms with E-state index in [-0.39, 0.29) is 22.8 Å². The molecular weight excluding hydrogens is 364 g/mol. The first-order valence-corrected chi connectivity index (χ1v) is 8.35. The minimum atomic E-state index is -0.724. The van der Waals surface area contributed by atoms with Crippen LogP contribution in [0.15, 0.2) is 44.9 Å². The lowest BCUT2D eigenvalue weighted by Crippen LogP contribution is -2.35. The molecule has 8 heteroatoms. The van der Waals surface area contributed by atoms with Crippen LogP contribution in [0.1, 0.15) is 29.9 Å². The third-order valence-corrected chi connectivity index (χ3v) is 4.28. The van der Waals surface area contributed by atoms with Crippen LogP contribution in [0.5, 0.6) is 17.2 Å². The van der Waals surface area contributed by atoms with Gasteiger partial charge in [0.05, 0.1) is 20.3 Å². The maximum Gasteiger partial charge on any atom is 0.345 e. The fraction of sp³-hybridized carbons (Fsp3) is 0.250. The van der Waals surface area contributed by atoms with E-state index in [1.807, 2.05) is 6.07 Å². The zero-order valence-corrected chi connectivity index (χ0v) is 15.8. The monoisotopic (exact) mass is 382 g/mol. The molecule has 0 saturated carbocycles. The van der Waals surface area contributed by atoms with E-state index in [1.165, 1.54) is 21.1 Å². The van der Waals surface area contributed by atoms with Gasteiger partial charge in [-0.15, -0.1) is 0 Å². The van der Waals surface area contributed by atoms with Crippen molar-refractivity contribution in [3.05, 3.63) is 63.0 Å². The maximum absolute atomic E-state index is 12.5. The summed E-state index contributed by atoms with van der Waals surface area (Å²) in [6.07, 6.45) is 0. The summed E-state index contributed by atoms with van der Waals surface area (Å²) >= 11 is 0.